The topological polar surface area (TPSA) is 90.9 Å². The first-order valence-corrected chi connectivity index (χ1v) is 12.4. The maximum atomic E-state index is 14.0. The molecule has 3 fully saturated rings. The van der Waals surface area contributed by atoms with Crippen molar-refractivity contribution < 1.29 is 42.7 Å². The van der Waals surface area contributed by atoms with Gasteiger partial charge in [-0.3, -0.25) is 4.79 Å². The van der Waals surface area contributed by atoms with Crippen LogP contribution in [-0.2, 0) is 23.7 Å². The van der Waals surface area contributed by atoms with Crippen LogP contribution in [0.15, 0.2) is 36.4 Å². The van der Waals surface area contributed by atoms with Gasteiger partial charge in [-0.05, 0) is 37.1 Å². The van der Waals surface area contributed by atoms with E-state index in [-0.39, 0.29) is 32.2 Å². The zero-order valence-electron chi connectivity index (χ0n) is 21.7. The van der Waals surface area contributed by atoms with Crippen LogP contribution in [0.5, 0.6) is 23.0 Å². The van der Waals surface area contributed by atoms with Crippen LogP contribution in [0.25, 0.3) is 0 Å². The second-order valence-corrected chi connectivity index (χ2v) is 9.82. The summed E-state index contributed by atoms with van der Waals surface area (Å²) in [5, 5.41) is 0. The first-order chi connectivity index (χ1) is 18.0. The standard InChI is InChI=1S/C28H34O9/c1-30-20-10-5-8-18(22(20)32-3)24-34-14-27(15-35-24)12-7-13-28(26(27)29)16-36-25(37-17-28)19-9-6-11-21(31-2)23(19)33-4/h5-6,8-11,24-25H,7,12-17H2,1-4H3. The Morgan fingerprint density at radius 2 is 1.05 bits per heavy atom. The van der Waals surface area contributed by atoms with Gasteiger partial charge in [-0.15, -0.1) is 0 Å². The summed E-state index contributed by atoms with van der Waals surface area (Å²) in [5.74, 6) is 2.40. The highest BCUT2D eigenvalue weighted by molar-refractivity contribution is 5.92. The van der Waals surface area contributed by atoms with E-state index in [1.165, 1.54) is 0 Å². The molecule has 2 heterocycles. The Morgan fingerprint density at radius 3 is 1.41 bits per heavy atom. The van der Waals surface area contributed by atoms with E-state index in [4.69, 9.17) is 37.9 Å². The van der Waals surface area contributed by atoms with Crippen molar-refractivity contribution in [2.45, 2.75) is 31.8 Å². The fraction of sp³-hybridized carbons (Fsp3) is 0.536. The molecule has 2 aliphatic heterocycles. The van der Waals surface area contributed by atoms with Gasteiger partial charge in [0.15, 0.2) is 41.4 Å². The number of carbonyl (C=O) groups excluding carboxylic acids is 1. The van der Waals surface area contributed by atoms with Crippen molar-refractivity contribution in [2.24, 2.45) is 10.8 Å². The molecule has 0 unspecified atom stereocenters. The molecule has 2 saturated heterocycles. The minimum Gasteiger partial charge on any atom is -0.493 e. The number of Topliss-reactive ketones (excluding diaryl/α,β-unsaturated/α-hetero) is 1. The normalized spacial score (nSPS) is 29.8. The van der Waals surface area contributed by atoms with E-state index in [1.807, 2.05) is 36.4 Å². The average Bonchev–Trinajstić information content (AvgIpc) is 2.95. The van der Waals surface area contributed by atoms with Gasteiger partial charge >= 0.3 is 0 Å². The lowest BCUT2D eigenvalue weighted by atomic mass is 9.61. The van der Waals surface area contributed by atoms with Crippen LogP contribution < -0.4 is 18.9 Å². The first-order valence-electron chi connectivity index (χ1n) is 12.4. The molecule has 0 atom stereocenters. The van der Waals surface area contributed by atoms with Crippen molar-refractivity contribution in [3.05, 3.63) is 47.5 Å². The van der Waals surface area contributed by atoms with Gasteiger partial charge in [0.1, 0.15) is 0 Å². The van der Waals surface area contributed by atoms with Crippen molar-refractivity contribution in [1.29, 1.82) is 0 Å². The van der Waals surface area contributed by atoms with Crippen molar-refractivity contribution in [3.8, 4) is 23.0 Å². The molecule has 2 aromatic rings. The second kappa shape index (κ2) is 10.5. The molecule has 0 amide bonds. The average molecular weight is 515 g/mol. The van der Waals surface area contributed by atoms with Gasteiger partial charge in [-0.1, -0.05) is 18.6 Å². The van der Waals surface area contributed by atoms with E-state index < -0.39 is 23.4 Å². The smallest absolute Gasteiger partial charge is 0.187 e. The monoisotopic (exact) mass is 514 g/mol. The number of rotatable bonds is 6. The van der Waals surface area contributed by atoms with E-state index in [9.17, 15) is 4.79 Å². The molecular formula is C28H34O9. The van der Waals surface area contributed by atoms with Gasteiger partial charge in [0.05, 0.1) is 76.8 Å². The molecule has 0 radical (unpaired) electrons. The van der Waals surface area contributed by atoms with Gasteiger partial charge in [-0.2, -0.15) is 0 Å². The Kier molecular flexibility index (Phi) is 7.31. The zero-order chi connectivity index (χ0) is 26.0. The van der Waals surface area contributed by atoms with Crippen LogP contribution in [0.4, 0.5) is 0 Å². The van der Waals surface area contributed by atoms with Crippen molar-refractivity contribution in [3.63, 3.8) is 0 Å². The third-order valence-corrected chi connectivity index (χ3v) is 7.69. The third kappa shape index (κ3) is 4.44. The molecule has 2 aromatic carbocycles. The number of para-hydroxylation sites is 2. The van der Waals surface area contributed by atoms with Crippen LogP contribution in [-0.4, -0.2) is 60.6 Å². The minimum atomic E-state index is -0.742. The maximum Gasteiger partial charge on any atom is 0.187 e. The van der Waals surface area contributed by atoms with Gasteiger partial charge in [0.2, 0.25) is 0 Å². The minimum absolute atomic E-state index is 0.0818. The second-order valence-electron chi connectivity index (χ2n) is 9.82. The first kappa shape index (κ1) is 25.8. The van der Waals surface area contributed by atoms with Crippen molar-refractivity contribution >= 4 is 5.78 Å². The molecule has 0 bridgehead atoms. The van der Waals surface area contributed by atoms with Crippen LogP contribution in [0.3, 0.4) is 0 Å². The number of hydrogen-bond donors (Lipinski definition) is 0. The number of ether oxygens (including phenoxy) is 8. The molecule has 1 saturated carbocycles. The molecular weight excluding hydrogens is 480 g/mol. The highest BCUT2D eigenvalue weighted by Gasteiger charge is 2.57. The molecule has 0 aromatic heterocycles. The maximum absolute atomic E-state index is 14.0. The molecule has 200 valence electrons. The zero-order valence-corrected chi connectivity index (χ0v) is 21.7. The van der Waals surface area contributed by atoms with E-state index in [0.717, 1.165) is 17.5 Å². The van der Waals surface area contributed by atoms with E-state index >= 15 is 0 Å². The highest BCUT2D eigenvalue weighted by atomic mass is 16.7. The Balaban J connectivity index is 1.29. The predicted octanol–water partition coefficient (Wildman–Crippen LogP) is 4.24. The number of benzene rings is 2. The lowest BCUT2D eigenvalue weighted by Gasteiger charge is -2.50. The summed E-state index contributed by atoms with van der Waals surface area (Å²) >= 11 is 0. The highest BCUT2D eigenvalue weighted by Crippen LogP contribution is 2.51. The summed E-state index contributed by atoms with van der Waals surface area (Å²) in [4.78, 5) is 14.0. The van der Waals surface area contributed by atoms with Crippen LogP contribution in [0.2, 0.25) is 0 Å². The summed E-state index contributed by atoms with van der Waals surface area (Å²) in [6.45, 7) is 1.02. The van der Waals surface area contributed by atoms with Gasteiger partial charge in [-0.25, -0.2) is 0 Å². The SMILES string of the molecule is COc1cccc(C2OCC3(CCCC4(COC(c5cccc(OC)c5OC)OC4)C3=O)CO2)c1OC. The third-order valence-electron chi connectivity index (χ3n) is 7.69. The van der Waals surface area contributed by atoms with Gasteiger partial charge in [0, 0.05) is 0 Å². The molecule has 1 aliphatic carbocycles. The van der Waals surface area contributed by atoms with Crippen LogP contribution in [0, 0.1) is 10.8 Å². The largest absolute Gasteiger partial charge is 0.493 e. The van der Waals surface area contributed by atoms with Crippen LogP contribution >= 0.6 is 0 Å². The number of carbonyl (C=O) groups is 1. The fourth-order valence-electron chi connectivity index (χ4n) is 5.78. The van der Waals surface area contributed by atoms with Crippen molar-refractivity contribution in [1.82, 2.24) is 0 Å². The molecule has 5 rings (SSSR count). The quantitative estimate of drug-likeness (QED) is 0.561. The molecule has 9 heteroatoms. The lowest BCUT2D eigenvalue weighted by Crippen LogP contribution is -2.58. The van der Waals surface area contributed by atoms with E-state index in [0.29, 0.717) is 35.8 Å². The molecule has 37 heavy (non-hydrogen) atoms. The Morgan fingerprint density at radius 1 is 0.649 bits per heavy atom. The molecule has 0 N–H and O–H groups in total. The number of hydrogen-bond acceptors (Lipinski definition) is 9. The van der Waals surface area contributed by atoms with Gasteiger partial charge < -0.3 is 37.9 Å². The predicted molar refractivity (Wildman–Crippen MR) is 132 cm³/mol. The lowest BCUT2D eigenvalue weighted by molar-refractivity contribution is -0.262. The van der Waals surface area contributed by atoms with Crippen molar-refractivity contribution in [2.75, 3.05) is 54.9 Å². The summed E-state index contributed by atoms with van der Waals surface area (Å²) in [5.41, 5.74) is -0.0227. The Hall–Kier alpha value is -2.85. The molecule has 3 aliphatic rings. The number of ketones is 1. The summed E-state index contributed by atoms with van der Waals surface area (Å²) in [7, 11) is 6.33. The summed E-state index contributed by atoms with van der Waals surface area (Å²) < 4.78 is 46.5. The summed E-state index contributed by atoms with van der Waals surface area (Å²) in [6.07, 6.45) is 0.951. The molecule has 9 nitrogen and oxygen atoms in total. The molecule has 2 spiro atoms. The summed E-state index contributed by atoms with van der Waals surface area (Å²) in [6, 6.07) is 11.1. The Labute approximate surface area is 216 Å². The number of methoxy groups -OCH3 is 4. The Bertz CT molecular complexity index is 1030. The fourth-order valence-corrected chi connectivity index (χ4v) is 5.78. The van der Waals surface area contributed by atoms with E-state index in [2.05, 4.69) is 0 Å². The van der Waals surface area contributed by atoms with E-state index in [1.54, 1.807) is 28.4 Å². The van der Waals surface area contributed by atoms with Gasteiger partial charge in [0.25, 0.3) is 0 Å². The van der Waals surface area contributed by atoms with Crippen LogP contribution in [0.1, 0.15) is 43.0 Å².